The van der Waals surface area contributed by atoms with Crippen LogP contribution in [0.5, 0.6) is 0 Å². The number of hydrogen-bond donors (Lipinski definition) is 1. The van der Waals surface area contributed by atoms with Gasteiger partial charge >= 0.3 is 0 Å². The van der Waals surface area contributed by atoms with E-state index in [1.807, 2.05) is 0 Å². The highest BCUT2D eigenvalue weighted by Crippen LogP contribution is 2.24. The molecule has 2 rings (SSSR count). The highest BCUT2D eigenvalue weighted by Gasteiger charge is 2.12. The first-order valence-corrected chi connectivity index (χ1v) is 7.49. The fourth-order valence-electron chi connectivity index (χ4n) is 2.87. The minimum absolute atomic E-state index is 0.609. The lowest BCUT2D eigenvalue weighted by molar-refractivity contribution is 0.476. The van der Waals surface area contributed by atoms with Gasteiger partial charge in [0.05, 0.1) is 0 Å². The van der Waals surface area contributed by atoms with Gasteiger partial charge in [0.2, 0.25) is 0 Å². The fraction of sp³-hybridized carbons (Fsp3) is 0.647. The molecule has 0 spiro atoms. The van der Waals surface area contributed by atoms with Crippen molar-refractivity contribution < 1.29 is 0 Å². The van der Waals surface area contributed by atoms with Crippen molar-refractivity contribution in [2.24, 2.45) is 5.92 Å². The third-order valence-electron chi connectivity index (χ3n) is 3.94. The maximum Gasteiger partial charge on any atom is 0.00103 e. The highest BCUT2D eigenvalue weighted by molar-refractivity contribution is 5.35. The van der Waals surface area contributed by atoms with E-state index < -0.39 is 0 Å². The van der Waals surface area contributed by atoms with Crippen LogP contribution in [0.2, 0.25) is 0 Å². The van der Waals surface area contributed by atoms with Crippen molar-refractivity contribution in [3.63, 3.8) is 0 Å². The maximum absolute atomic E-state index is 3.50. The van der Waals surface area contributed by atoms with Crippen LogP contribution in [0.15, 0.2) is 18.2 Å². The Bertz CT molecular complexity index is 381. The highest BCUT2D eigenvalue weighted by atomic mass is 14.9. The Morgan fingerprint density at radius 2 is 1.89 bits per heavy atom. The summed E-state index contributed by atoms with van der Waals surface area (Å²) in [6.45, 7) is 7.94. The molecule has 0 heterocycles. The maximum atomic E-state index is 3.50. The molecule has 18 heavy (non-hydrogen) atoms. The molecule has 0 bridgehead atoms. The van der Waals surface area contributed by atoms with E-state index in [-0.39, 0.29) is 0 Å². The van der Waals surface area contributed by atoms with Crippen molar-refractivity contribution in [2.45, 2.75) is 58.9 Å². The predicted molar refractivity (Wildman–Crippen MR) is 79.1 cm³/mol. The lowest BCUT2D eigenvalue weighted by Gasteiger charge is -2.14. The van der Waals surface area contributed by atoms with Gasteiger partial charge in [0, 0.05) is 6.04 Å². The third kappa shape index (κ3) is 3.84. The molecule has 1 unspecified atom stereocenters. The first-order valence-electron chi connectivity index (χ1n) is 7.49. The van der Waals surface area contributed by atoms with Gasteiger partial charge in [-0.25, -0.2) is 0 Å². The zero-order valence-electron chi connectivity index (χ0n) is 12.1. The summed E-state index contributed by atoms with van der Waals surface area (Å²) in [5.41, 5.74) is 4.74. The van der Waals surface area contributed by atoms with Gasteiger partial charge in [-0.15, -0.1) is 0 Å². The van der Waals surface area contributed by atoms with Crippen LogP contribution in [0.3, 0.4) is 0 Å². The molecule has 0 aliphatic heterocycles. The first-order chi connectivity index (χ1) is 8.65. The van der Waals surface area contributed by atoms with Crippen LogP contribution >= 0.6 is 0 Å². The summed E-state index contributed by atoms with van der Waals surface area (Å²) in [5.74, 6) is 0.774. The number of hydrogen-bond acceptors (Lipinski definition) is 1. The van der Waals surface area contributed by atoms with Crippen molar-refractivity contribution in [1.82, 2.24) is 5.32 Å². The summed E-state index contributed by atoms with van der Waals surface area (Å²) in [6, 6.07) is 7.76. The second-order valence-electron chi connectivity index (χ2n) is 6.16. The van der Waals surface area contributed by atoms with E-state index in [0.717, 1.165) is 12.5 Å². The van der Waals surface area contributed by atoms with Crippen LogP contribution < -0.4 is 5.32 Å². The molecule has 1 aromatic rings. The van der Waals surface area contributed by atoms with E-state index >= 15 is 0 Å². The summed E-state index contributed by atoms with van der Waals surface area (Å²) >= 11 is 0. The SMILES string of the molecule is CC(CCNC(C)C)Cc1ccc2c(c1)CCC2. The van der Waals surface area contributed by atoms with Gasteiger partial charge in [0.25, 0.3) is 0 Å². The summed E-state index contributed by atoms with van der Waals surface area (Å²) in [5, 5.41) is 3.50. The summed E-state index contributed by atoms with van der Waals surface area (Å²) in [7, 11) is 0. The number of fused-ring (bicyclic) bond motifs is 1. The van der Waals surface area contributed by atoms with E-state index in [1.54, 1.807) is 11.1 Å². The summed E-state index contributed by atoms with van der Waals surface area (Å²) < 4.78 is 0. The normalized spacial score (nSPS) is 16.0. The molecule has 1 atom stereocenters. The van der Waals surface area contributed by atoms with Crippen LogP contribution in [0.1, 0.15) is 50.3 Å². The van der Waals surface area contributed by atoms with Crippen molar-refractivity contribution in [3.05, 3.63) is 34.9 Å². The van der Waals surface area contributed by atoms with Crippen LogP contribution in [-0.4, -0.2) is 12.6 Å². The zero-order valence-corrected chi connectivity index (χ0v) is 12.1. The molecular formula is C17H27N. The molecule has 0 fully saturated rings. The Morgan fingerprint density at radius 3 is 2.67 bits per heavy atom. The van der Waals surface area contributed by atoms with Gasteiger partial charge in [0.1, 0.15) is 0 Å². The van der Waals surface area contributed by atoms with Crippen LogP contribution in [0.25, 0.3) is 0 Å². The van der Waals surface area contributed by atoms with Gasteiger partial charge in [-0.2, -0.15) is 0 Å². The Balaban J connectivity index is 1.82. The number of aryl methyl sites for hydroxylation is 2. The van der Waals surface area contributed by atoms with Crippen LogP contribution in [0, 0.1) is 5.92 Å². The standard InChI is InChI=1S/C17H27N/c1-13(2)18-10-9-14(3)11-15-7-8-16-5-4-6-17(16)12-15/h7-8,12-14,18H,4-6,9-11H2,1-3H3. The minimum atomic E-state index is 0.609. The molecule has 1 nitrogen and oxygen atoms in total. The van der Waals surface area contributed by atoms with E-state index in [9.17, 15) is 0 Å². The molecule has 1 aromatic carbocycles. The molecule has 1 aliphatic rings. The van der Waals surface area contributed by atoms with Gasteiger partial charge in [-0.05, 0) is 61.3 Å². The second-order valence-corrected chi connectivity index (χ2v) is 6.16. The van der Waals surface area contributed by atoms with E-state index in [1.165, 1.54) is 37.7 Å². The third-order valence-corrected chi connectivity index (χ3v) is 3.94. The lowest BCUT2D eigenvalue weighted by Crippen LogP contribution is -2.25. The van der Waals surface area contributed by atoms with E-state index in [0.29, 0.717) is 6.04 Å². The molecule has 0 saturated heterocycles. The molecular weight excluding hydrogens is 218 g/mol. The molecule has 0 aromatic heterocycles. The Labute approximate surface area is 112 Å². The minimum Gasteiger partial charge on any atom is -0.315 e. The van der Waals surface area contributed by atoms with E-state index in [4.69, 9.17) is 0 Å². The Morgan fingerprint density at radius 1 is 1.11 bits per heavy atom. The average molecular weight is 245 g/mol. The molecule has 1 aliphatic carbocycles. The zero-order chi connectivity index (χ0) is 13.0. The number of nitrogens with one attached hydrogen (secondary N) is 1. The van der Waals surface area contributed by atoms with E-state index in [2.05, 4.69) is 44.3 Å². The number of benzene rings is 1. The Hall–Kier alpha value is -0.820. The summed E-state index contributed by atoms with van der Waals surface area (Å²) in [6.07, 6.45) is 6.45. The Kier molecular flexibility index (Phi) is 4.82. The van der Waals surface area contributed by atoms with Gasteiger partial charge in [0.15, 0.2) is 0 Å². The van der Waals surface area contributed by atoms with Crippen molar-refractivity contribution in [1.29, 1.82) is 0 Å². The van der Waals surface area contributed by atoms with Gasteiger partial charge in [-0.3, -0.25) is 0 Å². The monoisotopic (exact) mass is 245 g/mol. The topological polar surface area (TPSA) is 12.0 Å². The quantitative estimate of drug-likeness (QED) is 0.805. The lowest BCUT2D eigenvalue weighted by atomic mass is 9.95. The number of rotatable bonds is 6. The largest absolute Gasteiger partial charge is 0.315 e. The van der Waals surface area contributed by atoms with Crippen molar-refractivity contribution in [3.8, 4) is 0 Å². The molecule has 0 amide bonds. The molecule has 1 heteroatoms. The molecule has 0 radical (unpaired) electrons. The van der Waals surface area contributed by atoms with Gasteiger partial charge in [-0.1, -0.05) is 39.0 Å². The van der Waals surface area contributed by atoms with Gasteiger partial charge < -0.3 is 5.32 Å². The van der Waals surface area contributed by atoms with Crippen LogP contribution in [-0.2, 0) is 19.3 Å². The smallest absolute Gasteiger partial charge is 0.00103 e. The van der Waals surface area contributed by atoms with Crippen molar-refractivity contribution >= 4 is 0 Å². The molecule has 100 valence electrons. The second kappa shape index (κ2) is 6.38. The predicted octanol–water partition coefficient (Wildman–Crippen LogP) is 3.74. The average Bonchev–Trinajstić information content (AvgIpc) is 2.75. The molecule has 0 saturated carbocycles. The van der Waals surface area contributed by atoms with Crippen LogP contribution in [0.4, 0.5) is 0 Å². The fourth-order valence-corrected chi connectivity index (χ4v) is 2.87. The summed E-state index contributed by atoms with van der Waals surface area (Å²) in [4.78, 5) is 0. The van der Waals surface area contributed by atoms with Crippen molar-refractivity contribution in [2.75, 3.05) is 6.54 Å². The first kappa shape index (κ1) is 13.6. The molecule has 1 N–H and O–H groups in total.